The number of aryl methyl sites for hydroxylation is 1. The van der Waals surface area contributed by atoms with E-state index in [0.29, 0.717) is 16.9 Å². The van der Waals surface area contributed by atoms with Crippen molar-refractivity contribution in [3.63, 3.8) is 0 Å². The number of benzene rings is 2. The first-order chi connectivity index (χ1) is 11.5. The van der Waals surface area contributed by atoms with Gasteiger partial charge in [0.15, 0.2) is 0 Å². The van der Waals surface area contributed by atoms with Crippen LogP contribution in [-0.2, 0) is 0 Å². The molecule has 120 valence electrons. The van der Waals surface area contributed by atoms with E-state index in [9.17, 15) is 9.18 Å². The van der Waals surface area contributed by atoms with Gasteiger partial charge in [0.1, 0.15) is 5.82 Å². The van der Waals surface area contributed by atoms with Crippen molar-refractivity contribution in [2.75, 3.05) is 11.1 Å². The Kier molecular flexibility index (Phi) is 4.20. The van der Waals surface area contributed by atoms with Gasteiger partial charge in [0, 0.05) is 17.4 Å². The maximum absolute atomic E-state index is 14.0. The molecule has 0 saturated carbocycles. The maximum atomic E-state index is 14.0. The molecule has 0 spiro atoms. The van der Waals surface area contributed by atoms with Crippen LogP contribution in [0.2, 0.25) is 0 Å². The Labute approximate surface area is 138 Å². The molecule has 5 nitrogen and oxygen atoms in total. The second-order valence-electron chi connectivity index (χ2n) is 5.27. The molecule has 3 N–H and O–H groups in total. The minimum absolute atomic E-state index is 0.0163. The molecule has 3 aromatic rings. The fourth-order valence-corrected chi connectivity index (χ4v) is 2.28. The van der Waals surface area contributed by atoms with Gasteiger partial charge in [0.25, 0.3) is 5.91 Å². The van der Waals surface area contributed by atoms with Crippen LogP contribution in [0, 0.1) is 12.7 Å². The Morgan fingerprint density at radius 1 is 1.12 bits per heavy atom. The summed E-state index contributed by atoms with van der Waals surface area (Å²) >= 11 is 0. The minimum Gasteiger partial charge on any atom is -0.368 e. The molecule has 3 rings (SSSR count). The average molecular weight is 322 g/mol. The summed E-state index contributed by atoms with van der Waals surface area (Å²) in [5.41, 5.74) is 8.10. The molecule has 1 amide bonds. The Morgan fingerprint density at radius 2 is 1.88 bits per heavy atom. The number of hydrogen-bond donors (Lipinski definition) is 2. The standard InChI is InChI=1S/C18H15FN4O/c1-11-3-2-4-14(16(11)19)17(24)22-13-7-5-12(6-8-13)15-9-10-21-18(20)23-15/h2-10H,1H3,(H,22,24)(H2,20,21,23). The van der Waals surface area contributed by atoms with Crippen molar-refractivity contribution in [1.82, 2.24) is 9.97 Å². The highest BCUT2D eigenvalue weighted by Crippen LogP contribution is 2.20. The highest BCUT2D eigenvalue weighted by molar-refractivity contribution is 6.04. The highest BCUT2D eigenvalue weighted by atomic mass is 19.1. The highest BCUT2D eigenvalue weighted by Gasteiger charge is 2.13. The molecular formula is C18H15FN4O. The van der Waals surface area contributed by atoms with Gasteiger partial charge in [-0.3, -0.25) is 4.79 Å². The van der Waals surface area contributed by atoms with Gasteiger partial charge in [0.2, 0.25) is 5.95 Å². The Balaban J connectivity index is 1.79. The van der Waals surface area contributed by atoms with Crippen molar-refractivity contribution >= 4 is 17.5 Å². The second kappa shape index (κ2) is 6.45. The summed E-state index contributed by atoms with van der Waals surface area (Å²) in [5, 5.41) is 2.68. The fraction of sp³-hybridized carbons (Fsp3) is 0.0556. The largest absolute Gasteiger partial charge is 0.368 e. The average Bonchev–Trinajstić information content (AvgIpc) is 2.58. The summed E-state index contributed by atoms with van der Waals surface area (Å²) in [4.78, 5) is 20.2. The summed E-state index contributed by atoms with van der Waals surface area (Å²) in [5.74, 6) is -0.807. The molecule has 0 atom stereocenters. The van der Waals surface area contributed by atoms with E-state index >= 15 is 0 Å². The van der Waals surface area contributed by atoms with Gasteiger partial charge < -0.3 is 11.1 Å². The summed E-state index contributed by atoms with van der Waals surface area (Å²) in [7, 11) is 0. The molecule has 0 aliphatic rings. The smallest absolute Gasteiger partial charge is 0.258 e. The topological polar surface area (TPSA) is 80.9 Å². The summed E-state index contributed by atoms with van der Waals surface area (Å²) < 4.78 is 14.0. The van der Waals surface area contributed by atoms with E-state index in [2.05, 4.69) is 15.3 Å². The van der Waals surface area contributed by atoms with E-state index in [4.69, 9.17) is 5.73 Å². The lowest BCUT2D eigenvalue weighted by atomic mass is 10.1. The van der Waals surface area contributed by atoms with Crippen molar-refractivity contribution in [3.05, 3.63) is 71.7 Å². The van der Waals surface area contributed by atoms with Gasteiger partial charge in [0.05, 0.1) is 11.3 Å². The Hall–Kier alpha value is -3.28. The van der Waals surface area contributed by atoms with E-state index in [1.165, 1.54) is 6.07 Å². The van der Waals surface area contributed by atoms with Gasteiger partial charge >= 0.3 is 0 Å². The van der Waals surface area contributed by atoms with E-state index in [1.54, 1.807) is 55.6 Å². The third-order valence-electron chi connectivity index (χ3n) is 3.55. The number of hydrogen-bond acceptors (Lipinski definition) is 4. The van der Waals surface area contributed by atoms with Crippen LogP contribution in [0.5, 0.6) is 0 Å². The quantitative estimate of drug-likeness (QED) is 0.774. The first kappa shape index (κ1) is 15.6. The van der Waals surface area contributed by atoms with Crippen molar-refractivity contribution in [2.24, 2.45) is 0 Å². The van der Waals surface area contributed by atoms with E-state index in [1.807, 2.05) is 0 Å². The van der Waals surface area contributed by atoms with E-state index in [-0.39, 0.29) is 11.5 Å². The van der Waals surface area contributed by atoms with Crippen LogP contribution in [0.1, 0.15) is 15.9 Å². The molecule has 0 aliphatic carbocycles. The molecule has 0 bridgehead atoms. The van der Waals surface area contributed by atoms with E-state index in [0.717, 1.165) is 5.56 Å². The number of carbonyl (C=O) groups is 1. The van der Waals surface area contributed by atoms with Crippen molar-refractivity contribution in [3.8, 4) is 11.3 Å². The number of nitrogens with two attached hydrogens (primary N) is 1. The van der Waals surface area contributed by atoms with Crippen molar-refractivity contribution in [1.29, 1.82) is 0 Å². The third kappa shape index (κ3) is 3.22. The third-order valence-corrected chi connectivity index (χ3v) is 3.55. The molecule has 0 unspecified atom stereocenters. The van der Waals surface area contributed by atoms with Crippen LogP contribution in [0.4, 0.5) is 16.0 Å². The minimum atomic E-state index is -0.511. The molecule has 2 aromatic carbocycles. The number of carbonyl (C=O) groups excluding carboxylic acids is 1. The predicted octanol–water partition coefficient (Wildman–Crippen LogP) is 3.43. The lowest BCUT2D eigenvalue weighted by Gasteiger charge is -2.08. The molecule has 1 heterocycles. The Morgan fingerprint density at radius 3 is 2.58 bits per heavy atom. The lowest BCUT2D eigenvalue weighted by Crippen LogP contribution is -2.14. The molecule has 0 radical (unpaired) electrons. The van der Waals surface area contributed by atoms with Crippen LogP contribution < -0.4 is 11.1 Å². The van der Waals surface area contributed by atoms with Crippen LogP contribution in [0.25, 0.3) is 11.3 Å². The lowest BCUT2D eigenvalue weighted by molar-refractivity contribution is 0.102. The maximum Gasteiger partial charge on any atom is 0.258 e. The summed E-state index contributed by atoms with van der Waals surface area (Å²) in [6, 6.07) is 13.5. The van der Waals surface area contributed by atoms with Gasteiger partial charge in [-0.2, -0.15) is 0 Å². The normalized spacial score (nSPS) is 10.4. The van der Waals surface area contributed by atoms with Crippen LogP contribution in [0.3, 0.4) is 0 Å². The second-order valence-corrected chi connectivity index (χ2v) is 5.27. The van der Waals surface area contributed by atoms with E-state index < -0.39 is 11.7 Å². The monoisotopic (exact) mass is 322 g/mol. The number of nitrogens with one attached hydrogen (secondary N) is 1. The Bertz CT molecular complexity index is 894. The van der Waals surface area contributed by atoms with Gasteiger partial charge in [-0.1, -0.05) is 24.3 Å². The fourth-order valence-electron chi connectivity index (χ4n) is 2.28. The number of aromatic nitrogens is 2. The van der Waals surface area contributed by atoms with Crippen LogP contribution >= 0.6 is 0 Å². The number of rotatable bonds is 3. The predicted molar refractivity (Wildman–Crippen MR) is 91.0 cm³/mol. The zero-order valence-electron chi connectivity index (χ0n) is 13.0. The van der Waals surface area contributed by atoms with Crippen molar-refractivity contribution < 1.29 is 9.18 Å². The first-order valence-electron chi connectivity index (χ1n) is 7.30. The number of amides is 1. The van der Waals surface area contributed by atoms with Gasteiger partial charge in [-0.05, 0) is 36.8 Å². The number of nitrogens with zero attached hydrogens (tertiary/aromatic N) is 2. The molecule has 0 fully saturated rings. The SMILES string of the molecule is Cc1cccc(C(=O)Nc2ccc(-c3ccnc(N)n3)cc2)c1F. The number of nitrogen functional groups attached to an aromatic ring is 1. The molecule has 6 heteroatoms. The number of halogens is 1. The van der Waals surface area contributed by atoms with Crippen LogP contribution in [0.15, 0.2) is 54.7 Å². The zero-order valence-corrected chi connectivity index (χ0v) is 13.0. The molecule has 24 heavy (non-hydrogen) atoms. The molecule has 0 saturated heterocycles. The van der Waals surface area contributed by atoms with Crippen LogP contribution in [-0.4, -0.2) is 15.9 Å². The molecule has 0 aliphatic heterocycles. The van der Waals surface area contributed by atoms with Crippen molar-refractivity contribution in [2.45, 2.75) is 6.92 Å². The van der Waals surface area contributed by atoms with Gasteiger partial charge in [-0.25, -0.2) is 14.4 Å². The summed E-state index contributed by atoms with van der Waals surface area (Å²) in [6.45, 7) is 1.62. The molecular weight excluding hydrogens is 307 g/mol. The summed E-state index contributed by atoms with van der Waals surface area (Å²) in [6.07, 6.45) is 1.58. The molecule has 1 aromatic heterocycles. The zero-order chi connectivity index (χ0) is 17.1. The number of anilines is 2. The first-order valence-corrected chi connectivity index (χ1v) is 7.30. The van der Waals surface area contributed by atoms with Gasteiger partial charge in [-0.15, -0.1) is 0 Å².